The summed E-state index contributed by atoms with van der Waals surface area (Å²) in [6, 6.07) is 3.59. The smallest absolute Gasteiger partial charge is 0.225 e. The molecule has 2 rings (SSSR count). The van der Waals surface area contributed by atoms with Crippen molar-refractivity contribution in [2.24, 2.45) is 0 Å². The van der Waals surface area contributed by atoms with Crippen LogP contribution in [0.25, 0.3) is 0 Å². The van der Waals surface area contributed by atoms with E-state index in [-0.39, 0.29) is 5.78 Å². The standard InChI is InChI=1S/C12H12O3S2/c1-14-10-5-7-3-4-9(13)8(7)6-11(10)15-12(16)17-2/h5-6H,3-4H2,1-2H3. The fraction of sp³-hybridized carbons (Fsp3) is 0.333. The van der Waals surface area contributed by atoms with Gasteiger partial charge in [-0.2, -0.15) is 0 Å². The van der Waals surface area contributed by atoms with Gasteiger partial charge in [-0.05, 0) is 42.6 Å². The topological polar surface area (TPSA) is 35.5 Å². The summed E-state index contributed by atoms with van der Waals surface area (Å²) in [4.78, 5) is 11.6. The molecule has 90 valence electrons. The predicted molar refractivity (Wildman–Crippen MR) is 72.4 cm³/mol. The van der Waals surface area contributed by atoms with Crippen LogP contribution < -0.4 is 9.47 Å². The number of hydrogen-bond donors (Lipinski definition) is 0. The van der Waals surface area contributed by atoms with Crippen LogP contribution in [0.5, 0.6) is 11.5 Å². The van der Waals surface area contributed by atoms with Gasteiger partial charge in [-0.15, -0.1) is 0 Å². The molecule has 1 aromatic rings. The summed E-state index contributed by atoms with van der Waals surface area (Å²) in [7, 11) is 1.58. The van der Waals surface area contributed by atoms with E-state index in [2.05, 4.69) is 0 Å². The number of fused-ring (bicyclic) bond motifs is 1. The molecule has 1 aromatic carbocycles. The summed E-state index contributed by atoms with van der Waals surface area (Å²) in [5, 5.41) is 0. The second kappa shape index (κ2) is 5.06. The number of thiocarbonyl (C=S) groups is 1. The van der Waals surface area contributed by atoms with Gasteiger partial charge in [-0.1, -0.05) is 11.8 Å². The molecule has 0 saturated carbocycles. The zero-order valence-electron chi connectivity index (χ0n) is 9.61. The minimum Gasteiger partial charge on any atom is -0.493 e. The highest BCUT2D eigenvalue weighted by atomic mass is 32.2. The lowest BCUT2D eigenvalue weighted by Gasteiger charge is -2.11. The summed E-state index contributed by atoms with van der Waals surface area (Å²) < 4.78 is 11.1. The van der Waals surface area contributed by atoms with Gasteiger partial charge in [0.25, 0.3) is 0 Å². The van der Waals surface area contributed by atoms with E-state index in [1.165, 1.54) is 11.8 Å². The minimum absolute atomic E-state index is 0.155. The van der Waals surface area contributed by atoms with Gasteiger partial charge in [-0.25, -0.2) is 0 Å². The van der Waals surface area contributed by atoms with Crippen LogP contribution >= 0.6 is 24.0 Å². The number of benzene rings is 1. The van der Waals surface area contributed by atoms with Crippen molar-refractivity contribution in [1.82, 2.24) is 0 Å². The van der Waals surface area contributed by atoms with Crippen molar-refractivity contribution in [3.8, 4) is 11.5 Å². The molecular weight excluding hydrogens is 256 g/mol. The molecule has 17 heavy (non-hydrogen) atoms. The Balaban J connectivity index is 2.40. The number of rotatable bonds is 2. The third-order valence-corrected chi connectivity index (χ3v) is 3.67. The molecule has 1 aliphatic carbocycles. The molecule has 0 spiro atoms. The fourth-order valence-electron chi connectivity index (χ4n) is 1.82. The lowest BCUT2D eigenvalue weighted by atomic mass is 10.1. The highest BCUT2D eigenvalue weighted by Gasteiger charge is 2.23. The van der Waals surface area contributed by atoms with Crippen molar-refractivity contribution in [2.45, 2.75) is 12.8 Å². The van der Waals surface area contributed by atoms with Gasteiger partial charge in [0.05, 0.1) is 7.11 Å². The molecule has 0 bridgehead atoms. The molecule has 1 aliphatic rings. The number of methoxy groups -OCH3 is 1. The van der Waals surface area contributed by atoms with Gasteiger partial charge in [0.2, 0.25) is 4.38 Å². The third-order valence-electron chi connectivity index (χ3n) is 2.67. The monoisotopic (exact) mass is 268 g/mol. The van der Waals surface area contributed by atoms with Crippen LogP contribution in [0.1, 0.15) is 22.3 Å². The lowest BCUT2D eigenvalue weighted by molar-refractivity contribution is 0.0994. The molecule has 0 saturated heterocycles. The third kappa shape index (κ3) is 2.45. The molecule has 0 N–H and O–H groups in total. The molecule has 0 fully saturated rings. The molecule has 0 aromatic heterocycles. The summed E-state index contributed by atoms with van der Waals surface area (Å²) >= 11 is 6.34. The molecular formula is C12H12O3S2. The number of carbonyl (C=O) groups excluding carboxylic acids is 1. The van der Waals surface area contributed by atoms with Crippen LogP contribution in [0.4, 0.5) is 0 Å². The summed E-state index contributed by atoms with van der Waals surface area (Å²) in [6.45, 7) is 0. The fourth-order valence-corrected chi connectivity index (χ4v) is 2.08. The first-order valence-corrected chi connectivity index (χ1v) is 6.79. The van der Waals surface area contributed by atoms with E-state index in [0.29, 0.717) is 22.3 Å². The Kier molecular flexibility index (Phi) is 3.69. The van der Waals surface area contributed by atoms with Crippen molar-refractivity contribution in [3.63, 3.8) is 0 Å². The van der Waals surface area contributed by atoms with E-state index in [1.54, 1.807) is 13.2 Å². The van der Waals surface area contributed by atoms with E-state index in [4.69, 9.17) is 21.7 Å². The molecule has 0 radical (unpaired) electrons. The second-order valence-electron chi connectivity index (χ2n) is 3.64. The maximum atomic E-state index is 11.6. The summed E-state index contributed by atoms with van der Waals surface area (Å²) in [5.41, 5.74) is 1.75. The largest absolute Gasteiger partial charge is 0.493 e. The van der Waals surface area contributed by atoms with Gasteiger partial charge < -0.3 is 9.47 Å². The van der Waals surface area contributed by atoms with Crippen molar-refractivity contribution in [3.05, 3.63) is 23.3 Å². The van der Waals surface area contributed by atoms with Crippen molar-refractivity contribution in [1.29, 1.82) is 0 Å². The molecule has 0 heterocycles. The minimum atomic E-state index is 0.155. The maximum Gasteiger partial charge on any atom is 0.225 e. The van der Waals surface area contributed by atoms with E-state index >= 15 is 0 Å². The van der Waals surface area contributed by atoms with E-state index < -0.39 is 0 Å². The average Bonchev–Trinajstić information content (AvgIpc) is 2.69. The Morgan fingerprint density at radius 1 is 1.35 bits per heavy atom. The Labute approximate surface area is 109 Å². The van der Waals surface area contributed by atoms with E-state index in [9.17, 15) is 4.79 Å². The van der Waals surface area contributed by atoms with Gasteiger partial charge >= 0.3 is 0 Å². The first-order chi connectivity index (χ1) is 8.15. The number of aryl methyl sites for hydroxylation is 1. The van der Waals surface area contributed by atoms with Crippen LogP contribution in [0.3, 0.4) is 0 Å². The Bertz CT molecular complexity index is 483. The van der Waals surface area contributed by atoms with Crippen molar-refractivity contribution < 1.29 is 14.3 Å². The average molecular weight is 268 g/mol. The van der Waals surface area contributed by atoms with Crippen LogP contribution in [0.15, 0.2) is 12.1 Å². The molecule has 5 heteroatoms. The zero-order valence-corrected chi connectivity index (χ0v) is 11.2. The Hall–Kier alpha value is -1.07. The summed E-state index contributed by atoms with van der Waals surface area (Å²) in [5.74, 6) is 1.29. The SMILES string of the molecule is COc1cc2c(cc1OC(=S)SC)C(=O)CC2. The zero-order chi connectivity index (χ0) is 12.4. The molecule has 0 atom stereocenters. The Morgan fingerprint density at radius 2 is 2.12 bits per heavy atom. The van der Waals surface area contributed by atoms with E-state index in [1.807, 2.05) is 12.3 Å². The highest BCUT2D eigenvalue weighted by molar-refractivity contribution is 8.22. The maximum absolute atomic E-state index is 11.6. The van der Waals surface area contributed by atoms with Gasteiger partial charge in [-0.3, -0.25) is 4.79 Å². The van der Waals surface area contributed by atoms with Gasteiger partial charge in [0.15, 0.2) is 17.3 Å². The summed E-state index contributed by atoms with van der Waals surface area (Å²) in [6.07, 6.45) is 3.18. The number of hydrogen-bond acceptors (Lipinski definition) is 5. The van der Waals surface area contributed by atoms with Gasteiger partial charge in [0.1, 0.15) is 0 Å². The van der Waals surface area contributed by atoms with Crippen molar-refractivity contribution >= 4 is 34.1 Å². The number of carbonyl (C=O) groups is 1. The lowest BCUT2D eigenvalue weighted by Crippen LogP contribution is -2.03. The first-order valence-electron chi connectivity index (χ1n) is 5.15. The normalized spacial score (nSPS) is 13.4. The van der Waals surface area contributed by atoms with Crippen LogP contribution in [-0.4, -0.2) is 23.5 Å². The van der Waals surface area contributed by atoms with Crippen LogP contribution in [0.2, 0.25) is 0 Å². The number of ketones is 1. The molecule has 0 amide bonds. The number of ether oxygens (including phenoxy) is 2. The number of Topliss-reactive ketones (excluding diaryl/α,β-unsaturated/α-hetero) is 1. The van der Waals surface area contributed by atoms with Crippen LogP contribution in [-0.2, 0) is 6.42 Å². The molecule has 0 unspecified atom stereocenters. The quantitative estimate of drug-likeness (QED) is 0.771. The molecule has 0 aliphatic heterocycles. The number of thioether (sulfide) groups is 1. The first kappa shape index (κ1) is 12.4. The second-order valence-corrected chi connectivity index (χ2v) is 5.05. The van der Waals surface area contributed by atoms with E-state index in [0.717, 1.165) is 17.5 Å². The van der Waals surface area contributed by atoms with Gasteiger partial charge in [0, 0.05) is 12.0 Å². The van der Waals surface area contributed by atoms with Crippen LogP contribution in [0, 0.1) is 0 Å². The Morgan fingerprint density at radius 3 is 2.76 bits per heavy atom. The predicted octanol–water partition coefficient (Wildman–Crippen LogP) is 2.85. The molecule has 3 nitrogen and oxygen atoms in total. The van der Waals surface area contributed by atoms with Crippen molar-refractivity contribution in [2.75, 3.05) is 13.4 Å². The highest BCUT2D eigenvalue weighted by Crippen LogP contribution is 2.35.